The Bertz CT molecular complexity index is 1290. The standard InChI is InChI=1S/C66H118O6/c1-4-7-10-13-16-19-22-25-27-28-29-30-31-32-33-34-35-36-37-38-40-41-44-47-50-53-56-59-65(68)71-62-63(61-70-64(67)58-55-52-49-46-43-24-21-18-15-12-9-6-3)72-66(69)60-57-54-51-48-45-42-39-26-23-20-17-14-11-8-5-2/h8,11,17,20,26,28-29,39,45,48,63H,4-7,9-10,12-16,18-19,21-25,27,30-38,40-44,46-47,49-62H2,1-3H3/b11-8-,20-17-,29-28-,39-26-,48-45-. The van der Waals surface area contributed by atoms with Crippen LogP contribution in [0.2, 0.25) is 0 Å². The molecule has 0 N–H and O–H groups in total. The highest BCUT2D eigenvalue weighted by molar-refractivity contribution is 5.71. The molecule has 0 aromatic rings. The summed E-state index contributed by atoms with van der Waals surface area (Å²) in [5, 5.41) is 0. The van der Waals surface area contributed by atoms with Crippen molar-refractivity contribution in [3.8, 4) is 0 Å². The van der Waals surface area contributed by atoms with Crippen molar-refractivity contribution in [1.82, 2.24) is 0 Å². The van der Waals surface area contributed by atoms with Gasteiger partial charge in [-0.2, -0.15) is 0 Å². The minimum absolute atomic E-state index is 0.0875. The maximum absolute atomic E-state index is 12.8. The van der Waals surface area contributed by atoms with Crippen molar-refractivity contribution in [3.05, 3.63) is 60.8 Å². The summed E-state index contributed by atoms with van der Waals surface area (Å²) in [6.07, 6.45) is 76.7. The molecule has 0 amide bonds. The molecule has 0 saturated carbocycles. The van der Waals surface area contributed by atoms with Crippen LogP contribution in [0.4, 0.5) is 0 Å². The lowest BCUT2D eigenvalue weighted by atomic mass is 10.0. The zero-order valence-corrected chi connectivity index (χ0v) is 47.9. The van der Waals surface area contributed by atoms with E-state index in [0.29, 0.717) is 19.3 Å². The third-order valence-corrected chi connectivity index (χ3v) is 13.8. The van der Waals surface area contributed by atoms with Crippen LogP contribution in [0.1, 0.15) is 323 Å². The molecule has 0 aliphatic heterocycles. The molecule has 6 nitrogen and oxygen atoms in total. The summed E-state index contributed by atoms with van der Waals surface area (Å²) >= 11 is 0. The number of unbranched alkanes of at least 4 members (excludes halogenated alkanes) is 36. The molecule has 0 spiro atoms. The molecule has 0 radical (unpaired) electrons. The van der Waals surface area contributed by atoms with Crippen LogP contribution in [0.5, 0.6) is 0 Å². The molecule has 0 aromatic heterocycles. The zero-order valence-electron chi connectivity index (χ0n) is 47.9. The van der Waals surface area contributed by atoms with Gasteiger partial charge in [-0.3, -0.25) is 14.4 Å². The van der Waals surface area contributed by atoms with Gasteiger partial charge in [0.1, 0.15) is 13.2 Å². The molecule has 0 heterocycles. The fourth-order valence-corrected chi connectivity index (χ4v) is 9.08. The van der Waals surface area contributed by atoms with E-state index in [0.717, 1.165) is 77.0 Å². The highest BCUT2D eigenvalue weighted by Crippen LogP contribution is 2.17. The molecule has 0 aromatic carbocycles. The van der Waals surface area contributed by atoms with Gasteiger partial charge in [0.05, 0.1) is 0 Å². The smallest absolute Gasteiger partial charge is 0.306 e. The van der Waals surface area contributed by atoms with Crippen LogP contribution in [-0.2, 0) is 28.6 Å². The summed E-state index contributed by atoms with van der Waals surface area (Å²) in [7, 11) is 0. The molecule has 0 rings (SSSR count). The van der Waals surface area contributed by atoms with Crippen molar-refractivity contribution in [1.29, 1.82) is 0 Å². The van der Waals surface area contributed by atoms with Gasteiger partial charge in [-0.05, 0) is 83.5 Å². The number of hydrogen-bond acceptors (Lipinski definition) is 6. The van der Waals surface area contributed by atoms with Crippen LogP contribution in [-0.4, -0.2) is 37.2 Å². The van der Waals surface area contributed by atoms with Crippen LogP contribution in [0, 0.1) is 0 Å². The lowest BCUT2D eigenvalue weighted by Gasteiger charge is -2.18. The SMILES string of the molecule is CC/C=C\C/C=C\C/C=C\C/C=C\CCCCC(=O)OC(COC(=O)CCCCCCCCCCCCCC)COC(=O)CCCCCCCCCCCCCCCCC/C=C\CCCCCCCCCC. The van der Waals surface area contributed by atoms with E-state index >= 15 is 0 Å². The van der Waals surface area contributed by atoms with E-state index in [1.54, 1.807) is 0 Å². The first-order valence-electron chi connectivity index (χ1n) is 31.3. The van der Waals surface area contributed by atoms with Crippen molar-refractivity contribution in [3.63, 3.8) is 0 Å². The van der Waals surface area contributed by atoms with Gasteiger partial charge in [0.25, 0.3) is 0 Å². The molecular formula is C66H118O6. The van der Waals surface area contributed by atoms with Crippen molar-refractivity contribution in [2.24, 2.45) is 0 Å². The number of carbonyl (C=O) groups is 3. The first-order valence-corrected chi connectivity index (χ1v) is 31.3. The van der Waals surface area contributed by atoms with E-state index in [1.165, 1.54) is 199 Å². The van der Waals surface area contributed by atoms with Crippen molar-refractivity contribution < 1.29 is 28.6 Å². The van der Waals surface area contributed by atoms with Gasteiger partial charge in [0.2, 0.25) is 0 Å². The second-order valence-electron chi connectivity index (χ2n) is 20.9. The number of hydrogen-bond donors (Lipinski definition) is 0. The van der Waals surface area contributed by atoms with Crippen molar-refractivity contribution in [2.45, 2.75) is 329 Å². The normalized spacial score (nSPS) is 12.4. The van der Waals surface area contributed by atoms with E-state index in [4.69, 9.17) is 14.2 Å². The van der Waals surface area contributed by atoms with Gasteiger partial charge in [-0.15, -0.1) is 0 Å². The van der Waals surface area contributed by atoms with Gasteiger partial charge in [0, 0.05) is 19.3 Å². The Morgan fingerprint density at radius 2 is 0.542 bits per heavy atom. The summed E-state index contributed by atoms with van der Waals surface area (Å²) in [4.78, 5) is 38.2. The quantitative estimate of drug-likeness (QED) is 0.0261. The van der Waals surface area contributed by atoms with Gasteiger partial charge >= 0.3 is 17.9 Å². The number of carbonyl (C=O) groups excluding carboxylic acids is 3. The molecule has 0 bridgehead atoms. The average molecular weight is 1010 g/mol. The highest BCUT2D eigenvalue weighted by atomic mass is 16.6. The Morgan fingerprint density at radius 1 is 0.292 bits per heavy atom. The predicted molar refractivity (Wildman–Crippen MR) is 312 cm³/mol. The maximum atomic E-state index is 12.8. The zero-order chi connectivity index (χ0) is 52.2. The Morgan fingerprint density at radius 3 is 0.889 bits per heavy atom. The highest BCUT2D eigenvalue weighted by Gasteiger charge is 2.19. The van der Waals surface area contributed by atoms with Gasteiger partial charge in [-0.1, -0.05) is 281 Å². The molecule has 0 fully saturated rings. The van der Waals surface area contributed by atoms with Crippen LogP contribution in [0.3, 0.4) is 0 Å². The van der Waals surface area contributed by atoms with E-state index in [2.05, 4.69) is 81.5 Å². The third-order valence-electron chi connectivity index (χ3n) is 13.8. The lowest BCUT2D eigenvalue weighted by Crippen LogP contribution is -2.30. The van der Waals surface area contributed by atoms with E-state index in [9.17, 15) is 14.4 Å². The number of rotatable bonds is 57. The number of esters is 3. The Labute approximate surface area is 447 Å². The maximum Gasteiger partial charge on any atom is 0.306 e. The second-order valence-corrected chi connectivity index (χ2v) is 20.9. The Hall–Kier alpha value is -2.89. The molecule has 0 aliphatic rings. The molecule has 418 valence electrons. The number of ether oxygens (including phenoxy) is 3. The van der Waals surface area contributed by atoms with Crippen molar-refractivity contribution >= 4 is 17.9 Å². The summed E-state index contributed by atoms with van der Waals surface area (Å²) < 4.78 is 16.9. The molecule has 1 atom stereocenters. The van der Waals surface area contributed by atoms with Crippen molar-refractivity contribution in [2.75, 3.05) is 13.2 Å². The second kappa shape index (κ2) is 60.7. The largest absolute Gasteiger partial charge is 0.462 e. The summed E-state index contributed by atoms with van der Waals surface area (Å²) in [5.74, 6) is -0.915. The van der Waals surface area contributed by atoms with E-state index < -0.39 is 6.10 Å². The van der Waals surface area contributed by atoms with Gasteiger partial charge in [0.15, 0.2) is 6.10 Å². The Kier molecular flexibility index (Phi) is 58.2. The van der Waals surface area contributed by atoms with Crippen LogP contribution in [0.15, 0.2) is 60.8 Å². The fourth-order valence-electron chi connectivity index (χ4n) is 9.08. The van der Waals surface area contributed by atoms with Crippen LogP contribution >= 0.6 is 0 Å². The summed E-state index contributed by atoms with van der Waals surface area (Å²) in [5.41, 5.74) is 0. The average Bonchev–Trinajstić information content (AvgIpc) is 3.38. The number of allylic oxidation sites excluding steroid dienone is 10. The first-order chi connectivity index (χ1) is 35.5. The topological polar surface area (TPSA) is 78.9 Å². The monoisotopic (exact) mass is 1010 g/mol. The molecule has 0 saturated heterocycles. The van der Waals surface area contributed by atoms with Crippen LogP contribution < -0.4 is 0 Å². The molecule has 1 unspecified atom stereocenters. The van der Waals surface area contributed by atoms with E-state index in [-0.39, 0.29) is 37.5 Å². The minimum Gasteiger partial charge on any atom is -0.462 e. The van der Waals surface area contributed by atoms with Gasteiger partial charge < -0.3 is 14.2 Å². The first kappa shape index (κ1) is 69.1. The molecule has 72 heavy (non-hydrogen) atoms. The van der Waals surface area contributed by atoms with Crippen LogP contribution in [0.25, 0.3) is 0 Å². The molecule has 6 heteroatoms. The Balaban J connectivity index is 4.22. The van der Waals surface area contributed by atoms with E-state index in [1.807, 2.05) is 0 Å². The predicted octanol–water partition coefficient (Wildman–Crippen LogP) is 21.2. The summed E-state index contributed by atoms with van der Waals surface area (Å²) in [6, 6.07) is 0. The lowest BCUT2D eigenvalue weighted by molar-refractivity contribution is -0.167. The summed E-state index contributed by atoms with van der Waals surface area (Å²) in [6.45, 7) is 6.52. The molecule has 0 aliphatic carbocycles. The molecular weight excluding hydrogens is 889 g/mol. The third kappa shape index (κ3) is 58.0. The fraction of sp³-hybridized carbons (Fsp3) is 0.803. The van der Waals surface area contributed by atoms with Gasteiger partial charge in [-0.25, -0.2) is 0 Å². The minimum atomic E-state index is -0.793.